The fourth-order valence-corrected chi connectivity index (χ4v) is 3.06. The molecular formula is C14H17F3N3O5S+. The number of nitro groups is 1. The van der Waals surface area contributed by atoms with Gasteiger partial charge in [-0.2, -0.15) is 13.2 Å². The lowest BCUT2D eigenvalue weighted by Gasteiger charge is -2.29. The summed E-state index contributed by atoms with van der Waals surface area (Å²) in [5, 5.41) is 11.1. The number of nitrogens with zero attached hydrogens (tertiary/aromatic N) is 2. The normalized spacial score (nSPS) is 17.0. The molecule has 1 heterocycles. The second-order valence-corrected chi connectivity index (χ2v) is 7.20. The molecule has 0 saturated carbocycles. The average Bonchev–Trinajstić information content (AvgIpc) is 2.58. The van der Waals surface area contributed by atoms with Crippen molar-refractivity contribution >= 4 is 22.4 Å². The van der Waals surface area contributed by atoms with Gasteiger partial charge < -0.3 is 14.5 Å². The summed E-state index contributed by atoms with van der Waals surface area (Å²) in [5.41, 5.74) is -5.81. The Morgan fingerprint density at radius 1 is 1.38 bits per heavy atom. The average molecular weight is 396 g/mol. The Morgan fingerprint density at radius 2 is 2.00 bits per heavy atom. The number of quaternary nitrogens is 1. The van der Waals surface area contributed by atoms with E-state index >= 15 is 0 Å². The first-order chi connectivity index (χ1) is 12.1. The number of amides is 1. The number of hydrogen-bond acceptors (Lipinski definition) is 5. The Morgan fingerprint density at radius 3 is 2.54 bits per heavy atom. The highest BCUT2D eigenvalue weighted by Crippen LogP contribution is 2.33. The summed E-state index contributed by atoms with van der Waals surface area (Å²) in [6.07, 6.45) is 0. The second-order valence-electron chi connectivity index (χ2n) is 5.73. The van der Waals surface area contributed by atoms with E-state index in [1.165, 1.54) is 4.90 Å². The van der Waals surface area contributed by atoms with E-state index in [0.717, 1.165) is 25.2 Å². The van der Waals surface area contributed by atoms with E-state index in [0.29, 0.717) is 19.2 Å². The number of nitro benzene ring substituents is 1. The summed E-state index contributed by atoms with van der Waals surface area (Å²) in [6, 6.07) is 2.29. The van der Waals surface area contributed by atoms with Crippen LogP contribution in [-0.4, -0.2) is 65.3 Å². The lowest BCUT2D eigenvalue weighted by atomic mass is 10.3. The fraction of sp³-hybridized carbons (Fsp3) is 0.500. The monoisotopic (exact) mass is 396 g/mol. The van der Waals surface area contributed by atoms with Gasteiger partial charge in [0.05, 0.1) is 43.0 Å². The SMILES string of the molecule is C[NH+]1CCN(C(=O)COc2ccc([S@@](=O)C(F)(F)F)cc2[N+](=O)[O-])CC1. The number of nitrogens with one attached hydrogen (secondary N) is 1. The molecule has 1 amide bonds. The maximum absolute atomic E-state index is 12.5. The van der Waals surface area contributed by atoms with Crippen LogP contribution in [0, 0.1) is 10.1 Å². The molecule has 0 aliphatic carbocycles. The minimum atomic E-state index is -5.03. The van der Waals surface area contributed by atoms with Gasteiger partial charge in [-0.3, -0.25) is 14.9 Å². The molecule has 0 radical (unpaired) electrons. The molecule has 1 saturated heterocycles. The minimum absolute atomic E-state index is 0.356. The van der Waals surface area contributed by atoms with Gasteiger partial charge in [-0.1, -0.05) is 0 Å². The van der Waals surface area contributed by atoms with Gasteiger partial charge in [0.2, 0.25) is 0 Å². The van der Waals surface area contributed by atoms with Crippen LogP contribution in [0.3, 0.4) is 0 Å². The first kappa shape index (κ1) is 20.1. The van der Waals surface area contributed by atoms with Crippen molar-refractivity contribution in [1.29, 1.82) is 0 Å². The van der Waals surface area contributed by atoms with Crippen LogP contribution in [-0.2, 0) is 15.6 Å². The number of carbonyl (C=O) groups excluding carboxylic acids is 1. The van der Waals surface area contributed by atoms with Crippen LogP contribution in [0.5, 0.6) is 5.75 Å². The Hall–Kier alpha value is -2.21. The van der Waals surface area contributed by atoms with Crippen LogP contribution in [0.15, 0.2) is 23.1 Å². The van der Waals surface area contributed by atoms with Gasteiger partial charge >= 0.3 is 11.2 Å². The van der Waals surface area contributed by atoms with E-state index in [-0.39, 0.29) is 11.7 Å². The van der Waals surface area contributed by atoms with Crippen LogP contribution in [0.4, 0.5) is 18.9 Å². The standard InChI is InChI=1S/C14H16F3N3O5S/c1-18-4-6-19(7-5-18)13(21)9-25-12-3-2-10(8-11(12)20(22)23)26(24)14(15,16)17/h2-3,8H,4-7,9H2,1H3/p+1/t26-/m1/s1. The smallest absolute Gasteiger partial charge is 0.475 e. The summed E-state index contributed by atoms with van der Waals surface area (Å²) in [4.78, 5) is 24.3. The van der Waals surface area contributed by atoms with Crippen LogP contribution in [0.25, 0.3) is 0 Å². The van der Waals surface area contributed by atoms with Gasteiger partial charge in [0.1, 0.15) is 0 Å². The van der Waals surface area contributed by atoms with E-state index in [1.807, 2.05) is 7.05 Å². The topological polar surface area (TPSA) is 94.2 Å². The van der Waals surface area contributed by atoms with Crippen molar-refractivity contribution in [3.8, 4) is 5.75 Å². The lowest BCUT2D eigenvalue weighted by Crippen LogP contribution is -3.12. The van der Waals surface area contributed by atoms with Gasteiger partial charge in [0.15, 0.2) is 23.2 Å². The van der Waals surface area contributed by atoms with Crippen molar-refractivity contribution in [2.75, 3.05) is 39.8 Å². The van der Waals surface area contributed by atoms with Crippen LogP contribution >= 0.6 is 0 Å². The summed E-state index contributed by atoms with van der Waals surface area (Å²) >= 11 is 0. The molecule has 8 nitrogen and oxygen atoms in total. The molecule has 0 unspecified atom stereocenters. The highest BCUT2D eigenvalue weighted by molar-refractivity contribution is 7.86. The molecule has 12 heteroatoms. The molecule has 1 aliphatic rings. The second kappa shape index (κ2) is 7.99. The first-order valence-corrected chi connectivity index (χ1v) is 8.73. The van der Waals surface area contributed by atoms with Gasteiger partial charge in [-0.25, -0.2) is 4.21 Å². The van der Waals surface area contributed by atoms with E-state index in [9.17, 15) is 32.3 Å². The number of benzene rings is 1. The van der Waals surface area contributed by atoms with E-state index in [2.05, 4.69) is 0 Å². The highest BCUT2D eigenvalue weighted by Gasteiger charge is 2.39. The Kier molecular flexibility index (Phi) is 6.18. The number of ether oxygens (including phenoxy) is 1. The largest absolute Gasteiger partial charge is 0.477 e. The lowest BCUT2D eigenvalue weighted by molar-refractivity contribution is -0.883. The molecular weight excluding hydrogens is 379 g/mol. The van der Waals surface area contributed by atoms with E-state index in [1.54, 1.807) is 4.90 Å². The molecule has 26 heavy (non-hydrogen) atoms. The fourth-order valence-electron chi connectivity index (χ4n) is 2.38. The molecule has 1 fully saturated rings. The quantitative estimate of drug-likeness (QED) is 0.557. The van der Waals surface area contributed by atoms with Crippen LogP contribution in [0.1, 0.15) is 0 Å². The molecule has 1 aromatic carbocycles. The summed E-state index contributed by atoms with van der Waals surface area (Å²) < 4.78 is 54.0. The minimum Gasteiger partial charge on any atom is -0.477 e. The van der Waals surface area contributed by atoms with Crippen molar-refractivity contribution in [1.82, 2.24) is 4.90 Å². The van der Waals surface area contributed by atoms with Crippen LogP contribution < -0.4 is 9.64 Å². The third kappa shape index (κ3) is 4.91. The third-order valence-corrected chi connectivity index (χ3v) is 4.97. The predicted octanol–water partition coefficient (Wildman–Crippen LogP) is -0.0421. The molecule has 2 rings (SSSR count). The van der Waals surface area contributed by atoms with Crippen molar-refractivity contribution in [3.05, 3.63) is 28.3 Å². The Labute approximate surface area is 149 Å². The van der Waals surface area contributed by atoms with Crippen molar-refractivity contribution < 1.29 is 36.7 Å². The van der Waals surface area contributed by atoms with Crippen molar-refractivity contribution in [2.45, 2.75) is 10.4 Å². The van der Waals surface area contributed by atoms with Gasteiger partial charge in [-0.15, -0.1) is 0 Å². The number of likely N-dealkylation sites (N-methyl/N-ethyl adjacent to an activating group) is 1. The van der Waals surface area contributed by atoms with Gasteiger partial charge in [0.25, 0.3) is 5.91 Å². The Bertz CT molecular complexity index is 720. The molecule has 0 aromatic heterocycles. The van der Waals surface area contributed by atoms with Crippen molar-refractivity contribution in [3.63, 3.8) is 0 Å². The zero-order chi connectivity index (χ0) is 19.5. The zero-order valence-corrected chi connectivity index (χ0v) is 14.6. The molecule has 1 aromatic rings. The zero-order valence-electron chi connectivity index (χ0n) is 13.7. The van der Waals surface area contributed by atoms with E-state index < -0.39 is 38.4 Å². The van der Waals surface area contributed by atoms with Gasteiger partial charge in [-0.05, 0) is 12.1 Å². The summed E-state index contributed by atoms with van der Waals surface area (Å²) in [7, 11) is -1.40. The maximum Gasteiger partial charge on any atom is 0.475 e. The third-order valence-electron chi connectivity index (χ3n) is 3.87. The van der Waals surface area contributed by atoms with Crippen molar-refractivity contribution in [2.24, 2.45) is 0 Å². The number of hydrogen-bond donors (Lipinski definition) is 1. The summed E-state index contributed by atoms with van der Waals surface area (Å²) in [5.74, 6) is -0.722. The number of rotatable bonds is 5. The molecule has 144 valence electrons. The van der Waals surface area contributed by atoms with Crippen LogP contribution in [0.2, 0.25) is 0 Å². The number of carbonyl (C=O) groups is 1. The Balaban J connectivity index is 2.10. The number of piperazine rings is 1. The predicted molar refractivity (Wildman–Crippen MR) is 84.3 cm³/mol. The number of halogens is 3. The maximum atomic E-state index is 12.5. The van der Waals surface area contributed by atoms with E-state index in [4.69, 9.17) is 4.74 Å². The molecule has 0 bridgehead atoms. The summed E-state index contributed by atoms with van der Waals surface area (Å²) in [6.45, 7) is 2.12. The van der Waals surface area contributed by atoms with Gasteiger partial charge in [0, 0.05) is 6.07 Å². The molecule has 1 N–H and O–H groups in total. The highest BCUT2D eigenvalue weighted by atomic mass is 32.2. The number of alkyl halides is 3. The molecule has 1 atom stereocenters. The molecule has 0 spiro atoms. The molecule has 1 aliphatic heterocycles. The first-order valence-electron chi connectivity index (χ1n) is 7.58.